The zero-order valence-electron chi connectivity index (χ0n) is 16.6. The van der Waals surface area contributed by atoms with Gasteiger partial charge in [0, 0.05) is 50.6 Å². The van der Waals surface area contributed by atoms with Gasteiger partial charge in [-0.1, -0.05) is 18.2 Å². The van der Waals surface area contributed by atoms with Crippen LogP contribution in [0.25, 0.3) is 0 Å². The van der Waals surface area contributed by atoms with Crippen molar-refractivity contribution in [1.29, 1.82) is 0 Å². The summed E-state index contributed by atoms with van der Waals surface area (Å²) in [6.45, 7) is 10.3. The van der Waals surface area contributed by atoms with Gasteiger partial charge in [0.05, 0.1) is 18.0 Å². The molecule has 27 heavy (non-hydrogen) atoms. The summed E-state index contributed by atoms with van der Waals surface area (Å²) in [7, 11) is 0. The third kappa shape index (κ3) is 4.76. The maximum absolute atomic E-state index is 9.60. The summed E-state index contributed by atoms with van der Waals surface area (Å²) >= 11 is 0. The van der Waals surface area contributed by atoms with Gasteiger partial charge in [0.15, 0.2) is 0 Å². The molecule has 1 aliphatic rings. The highest BCUT2D eigenvalue weighted by atomic mass is 16.5. The van der Waals surface area contributed by atoms with Gasteiger partial charge in [0.2, 0.25) is 0 Å². The summed E-state index contributed by atoms with van der Waals surface area (Å²) in [4.78, 5) is 13.9. The predicted molar refractivity (Wildman–Crippen MR) is 107 cm³/mol. The third-order valence-electron chi connectivity index (χ3n) is 5.06. The van der Waals surface area contributed by atoms with Gasteiger partial charge in [-0.3, -0.25) is 9.88 Å². The molecule has 2 aromatic rings. The van der Waals surface area contributed by atoms with E-state index in [1.807, 2.05) is 39.1 Å². The number of hydrogen-bond donors (Lipinski definition) is 1. The van der Waals surface area contributed by atoms with Crippen molar-refractivity contribution in [3.8, 4) is 5.75 Å². The number of para-hydroxylation sites is 1. The quantitative estimate of drug-likeness (QED) is 0.808. The summed E-state index contributed by atoms with van der Waals surface area (Å²) in [5.41, 5.74) is 3.09. The molecule has 1 aliphatic heterocycles. The van der Waals surface area contributed by atoms with Crippen molar-refractivity contribution in [2.45, 2.75) is 39.8 Å². The van der Waals surface area contributed by atoms with Crippen LogP contribution in [-0.2, 0) is 6.54 Å². The fourth-order valence-corrected chi connectivity index (χ4v) is 3.69. The first-order valence-corrected chi connectivity index (χ1v) is 9.73. The van der Waals surface area contributed by atoms with E-state index in [0.29, 0.717) is 6.61 Å². The summed E-state index contributed by atoms with van der Waals surface area (Å²) in [6, 6.07) is 8.49. The number of nitrogens with zero attached hydrogens (tertiary/aromatic N) is 4. The highest BCUT2D eigenvalue weighted by molar-refractivity contribution is 5.44. The van der Waals surface area contributed by atoms with Crippen molar-refractivity contribution in [3.63, 3.8) is 0 Å². The van der Waals surface area contributed by atoms with Crippen LogP contribution >= 0.6 is 0 Å². The van der Waals surface area contributed by atoms with E-state index in [0.717, 1.165) is 55.6 Å². The Bertz CT molecular complexity index is 753. The Balaban J connectivity index is 1.76. The molecule has 1 atom stereocenters. The minimum atomic E-state index is 0.181. The summed E-state index contributed by atoms with van der Waals surface area (Å²) in [5.74, 6) is 1.91. The lowest BCUT2D eigenvalue weighted by molar-refractivity contribution is 0.133. The number of hydrogen-bond acceptors (Lipinski definition) is 6. The number of piperazine rings is 1. The summed E-state index contributed by atoms with van der Waals surface area (Å²) in [5, 5.41) is 9.60. The Kier molecular flexibility index (Phi) is 6.63. The van der Waals surface area contributed by atoms with E-state index in [1.165, 1.54) is 5.56 Å². The normalized spacial score (nSPS) is 17.9. The van der Waals surface area contributed by atoms with E-state index >= 15 is 0 Å². The van der Waals surface area contributed by atoms with Gasteiger partial charge in [-0.15, -0.1) is 0 Å². The average molecular weight is 370 g/mol. The summed E-state index contributed by atoms with van der Waals surface area (Å²) < 4.78 is 5.79. The molecule has 1 aromatic carbocycles. The second-order valence-corrected chi connectivity index (χ2v) is 7.04. The van der Waals surface area contributed by atoms with Crippen molar-refractivity contribution in [3.05, 3.63) is 47.4 Å². The average Bonchev–Trinajstić information content (AvgIpc) is 2.67. The zero-order chi connectivity index (χ0) is 19.2. The van der Waals surface area contributed by atoms with Crippen molar-refractivity contribution >= 4 is 5.82 Å². The van der Waals surface area contributed by atoms with E-state index in [9.17, 15) is 5.11 Å². The number of ether oxygens (including phenoxy) is 1. The van der Waals surface area contributed by atoms with Crippen LogP contribution in [0.1, 0.15) is 30.3 Å². The number of anilines is 1. The largest absolute Gasteiger partial charge is 0.494 e. The zero-order valence-corrected chi connectivity index (χ0v) is 16.6. The molecule has 1 aromatic heterocycles. The van der Waals surface area contributed by atoms with Crippen molar-refractivity contribution in [1.82, 2.24) is 14.9 Å². The third-order valence-corrected chi connectivity index (χ3v) is 5.06. The van der Waals surface area contributed by atoms with Crippen LogP contribution in [0.4, 0.5) is 5.82 Å². The second-order valence-electron chi connectivity index (χ2n) is 7.04. The molecule has 0 aliphatic carbocycles. The van der Waals surface area contributed by atoms with Gasteiger partial charge in [-0.2, -0.15) is 0 Å². The molecule has 1 fully saturated rings. The Morgan fingerprint density at radius 3 is 2.81 bits per heavy atom. The van der Waals surface area contributed by atoms with E-state index in [4.69, 9.17) is 9.72 Å². The van der Waals surface area contributed by atoms with Crippen LogP contribution in [0.5, 0.6) is 5.75 Å². The van der Waals surface area contributed by atoms with E-state index in [-0.39, 0.29) is 12.6 Å². The minimum Gasteiger partial charge on any atom is -0.494 e. The topological polar surface area (TPSA) is 61.7 Å². The minimum absolute atomic E-state index is 0.181. The maximum atomic E-state index is 9.60. The molecule has 0 amide bonds. The Morgan fingerprint density at radius 1 is 1.22 bits per heavy atom. The van der Waals surface area contributed by atoms with Crippen LogP contribution in [0.3, 0.4) is 0 Å². The number of aliphatic hydroxyl groups is 1. The van der Waals surface area contributed by atoms with E-state index in [1.54, 1.807) is 0 Å². The molecule has 3 rings (SSSR count). The Morgan fingerprint density at radius 2 is 2.04 bits per heavy atom. The number of benzene rings is 1. The molecule has 1 N–H and O–H groups in total. The SMILES string of the molecule is CCOc1ccccc1CN1CCN(c2nc(C)cnc2C)C[C@@H]1CCO. The molecule has 0 saturated carbocycles. The number of aromatic nitrogens is 2. The molecule has 0 bridgehead atoms. The molecule has 146 valence electrons. The molecule has 0 radical (unpaired) electrons. The van der Waals surface area contributed by atoms with Gasteiger partial charge < -0.3 is 14.7 Å². The van der Waals surface area contributed by atoms with E-state index < -0.39 is 0 Å². The molecule has 2 heterocycles. The monoisotopic (exact) mass is 370 g/mol. The fraction of sp³-hybridized carbons (Fsp3) is 0.524. The first kappa shape index (κ1) is 19.6. The van der Waals surface area contributed by atoms with Crippen LogP contribution in [-0.4, -0.2) is 58.9 Å². The van der Waals surface area contributed by atoms with Crippen molar-refractivity contribution in [2.24, 2.45) is 0 Å². The summed E-state index contributed by atoms with van der Waals surface area (Å²) in [6.07, 6.45) is 2.55. The maximum Gasteiger partial charge on any atom is 0.150 e. The lowest BCUT2D eigenvalue weighted by Gasteiger charge is -2.42. The van der Waals surface area contributed by atoms with Gasteiger partial charge in [-0.25, -0.2) is 4.98 Å². The van der Waals surface area contributed by atoms with Crippen LogP contribution in [0.15, 0.2) is 30.5 Å². The Hall–Kier alpha value is -2.18. The molecule has 1 saturated heterocycles. The molecular weight excluding hydrogens is 340 g/mol. The highest BCUT2D eigenvalue weighted by Crippen LogP contribution is 2.25. The predicted octanol–water partition coefficient (Wildman–Crippen LogP) is 2.57. The number of aryl methyl sites for hydroxylation is 2. The first-order chi connectivity index (χ1) is 13.1. The highest BCUT2D eigenvalue weighted by Gasteiger charge is 2.29. The molecular formula is C21H30N4O2. The van der Waals surface area contributed by atoms with Gasteiger partial charge in [0.25, 0.3) is 0 Å². The van der Waals surface area contributed by atoms with Crippen LogP contribution in [0.2, 0.25) is 0 Å². The molecule has 6 heteroatoms. The van der Waals surface area contributed by atoms with Gasteiger partial charge in [-0.05, 0) is 33.3 Å². The second kappa shape index (κ2) is 9.15. The van der Waals surface area contributed by atoms with Crippen LogP contribution in [0, 0.1) is 13.8 Å². The lowest BCUT2D eigenvalue weighted by atomic mass is 10.1. The van der Waals surface area contributed by atoms with E-state index in [2.05, 4.69) is 26.9 Å². The first-order valence-electron chi connectivity index (χ1n) is 9.73. The van der Waals surface area contributed by atoms with Gasteiger partial charge in [0.1, 0.15) is 11.6 Å². The number of aliphatic hydroxyl groups excluding tert-OH is 1. The standard InChI is InChI=1S/C21H30N4O2/c1-4-27-20-8-6-5-7-18(20)14-24-10-11-25(15-19(24)9-12-26)21-17(3)22-13-16(2)23-21/h5-8,13,19,26H,4,9-12,14-15H2,1-3H3/t19-/m0/s1. The number of rotatable bonds is 7. The fourth-order valence-electron chi connectivity index (χ4n) is 3.69. The molecule has 0 unspecified atom stereocenters. The van der Waals surface area contributed by atoms with Gasteiger partial charge >= 0.3 is 0 Å². The van der Waals surface area contributed by atoms with Crippen molar-refractivity contribution < 1.29 is 9.84 Å². The lowest BCUT2D eigenvalue weighted by Crippen LogP contribution is -2.53. The smallest absolute Gasteiger partial charge is 0.150 e. The Labute approximate surface area is 161 Å². The van der Waals surface area contributed by atoms with Crippen molar-refractivity contribution in [2.75, 3.05) is 37.7 Å². The molecule has 6 nitrogen and oxygen atoms in total. The molecule has 0 spiro atoms. The van der Waals surface area contributed by atoms with Crippen LogP contribution < -0.4 is 9.64 Å².